The van der Waals surface area contributed by atoms with E-state index in [4.69, 9.17) is 4.74 Å². The van der Waals surface area contributed by atoms with Gasteiger partial charge in [0.25, 0.3) is 5.91 Å². The number of esters is 1. The molecule has 3 aromatic heterocycles. The van der Waals surface area contributed by atoms with Gasteiger partial charge in [0.2, 0.25) is 0 Å². The molecule has 0 saturated carbocycles. The van der Waals surface area contributed by atoms with Gasteiger partial charge in [0.05, 0.1) is 16.6 Å². The number of nitrogens with one attached hydrogen (secondary N) is 2. The van der Waals surface area contributed by atoms with Crippen LogP contribution in [-0.4, -0.2) is 37.9 Å². The molecule has 0 fully saturated rings. The first kappa shape index (κ1) is 19.3. The van der Waals surface area contributed by atoms with Crippen molar-refractivity contribution < 1.29 is 14.3 Å². The fourth-order valence-corrected chi connectivity index (χ4v) is 2.89. The number of ether oxygens (including phenoxy) is 1. The number of hydrogen-bond acceptors (Lipinski definition) is 6. The van der Waals surface area contributed by atoms with Crippen LogP contribution in [-0.2, 0) is 9.53 Å². The van der Waals surface area contributed by atoms with E-state index in [1.54, 1.807) is 42.9 Å². The number of rotatable bonds is 5. The third-order valence-corrected chi connectivity index (χ3v) is 4.56. The quantitative estimate of drug-likeness (QED) is 0.495. The molecule has 0 spiro atoms. The summed E-state index contributed by atoms with van der Waals surface area (Å²) in [5, 5.41) is 2.67. The molecule has 8 nitrogen and oxygen atoms in total. The van der Waals surface area contributed by atoms with Crippen LogP contribution in [0.3, 0.4) is 0 Å². The molecule has 0 aliphatic carbocycles. The van der Waals surface area contributed by atoms with Crippen molar-refractivity contribution in [3.05, 3.63) is 72.2 Å². The van der Waals surface area contributed by atoms with Crippen LogP contribution in [0.25, 0.3) is 22.4 Å². The van der Waals surface area contributed by atoms with Gasteiger partial charge in [-0.25, -0.2) is 14.8 Å². The molecule has 150 valence electrons. The van der Waals surface area contributed by atoms with Crippen molar-refractivity contribution in [2.75, 3.05) is 5.32 Å². The van der Waals surface area contributed by atoms with Gasteiger partial charge in [0.15, 0.2) is 6.10 Å². The molecule has 1 aromatic carbocycles. The number of benzene rings is 1. The molecule has 0 aliphatic heterocycles. The minimum absolute atomic E-state index is 0.317. The predicted octanol–water partition coefficient (Wildman–Crippen LogP) is 3.51. The highest BCUT2D eigenvalue weighted by Gasteiger charge is 2.20. The molecule has 2 N–H and O–H groups in total. The van der Waals surface area contributed by atoms with E-state index in [9.17, 15) is 9.59 Å². The molecule has 0 saturated heterocycles. The second kappa shape index (κ2) is 8.12. The summed E-state index contributed by atoms with van der Waals surface area (Å²) in [6, 6.07) is 12.3. The fraction of sp³-hybridized carbons (Fsp3) is 0.136. The van der Waals surface area contributed by atoms with E-state index >= 15 is 0 Å². The highest BCUT2D eigenvalue weighted by molar-refractivity contribution is 5.98. The van der Waals surface area contributed by atoms with Crippen LogP contribution in [0.15, 0.2) is 61.1 Å². The Kier molecular flexibility index (Phi) is 5.21. The molecule has 1 amide bonds. The summed E-state index contributed by atoms with van der Waals surface area (Å²) in [5.41, 5.74) is 3.37. The number of amides is 1. The maximum absolute atomic E-state index is 12.5. The number of carbonyl (C=O) groups excluding carboxylic acids is 2. The van der Waals surface area contributed by atoms with Gasteiger partial charge >= 0.3 is 5.97 Å². The van der Waals surface area contributed by atoms with E-state index in [0.29, 0.717) is 28.2 Å². The lowest BCUT2D eigenvalue weighted by Crippen LogP contribution is -2.30. The van der Waals surface area contributed by atoms with E-state index < -0.39 is 18.0 Å². The number of anilines is 1. The minimum Gasteiger partial charge on any atom is -0.449 e. The Morgan fingerprint density at radius 1 is 1.13 bits per heavy atom. The highest BCUT2D eigenvalue weighted by atomic mass is 16.5. The van der Waals surface area contributed by atoms with Crippen LogP contribution in [0.2, 0.25) is 0 Å². The fourth-order valence-electron chi connectivity index (χ4n) is 2.89. The number of aryl methyl sites for hydroxylation is 1. The summed E-state index contributed by atoms with van der Waals surface area (Å²) in [6.07, 6.45) is 3.99. The largest absolute Gasteiger partial charge is 0.449 e. The first-order chi connectivity index (χ1) is 14.5. The number of H-pyrrole nitrogens is 1. The number of carbonyl (C=O) groups is 2. The molecular formula is C22H19N5O3. The average molecular weight is 401 g/mol. The Morgan fingerprint density at radius 3 is 2.73 bits per heavy atom. The normalized spacial score (nSPS) is 11.8. The number of imidazole rings is 1. The molecule has 3 heterocycles. The second-order valence-electron chi connectivity index (χ2n) is 6.76. The number of pyridine rings is 2. The first-order valence-electron chi connectivity index (χ1n) is 9.35. The second-order valence-corrected chi connectivity index (χ2v) is 6.76. The lowest BCUT2D eigenvalue weighted by Gasteiger charge is -2.14. The lowest BCUT2D eigenvalue weighted by atomic mass is 10.2. The zero-order valence-corrected chi connectivity index (χ0v) is 16.4. The standard InChI is InChI=1S/C22H19N5O3/c1-13-5-3-10-24-19(13)27-21(28)14(2)30-22(29)15-7-8-17-18(11-15)26-20(25-17)16-6-4-9-23-12-16/h3-12,14H,1-2H3,(H,25,26)(H,24,27,28). The molecule has 4 rings (SSSR count). The zero-order chi connectivity index (χ0) is 21.1. The summed E-state index contributed by atoms with van der Waals surface area (Å²) in [5.74, 6) is 0.0377. The van der Waals surface area contributed by atoms with Gasteiger partial charge in [-0.2, -0.15) is 0 Å². The van der Waals surface area contributed by atoms with E-state index in [1.165, 1.54) is 6.92 Å². The van der Waals surface area contributed by atoms with Crippen LogP contribution in [0.1, 0.15) is 22.8 Å². The third-order valence-electron chi connectivity index (χ3n) is 4.56. The summed E-state index contributed by atoms with van der Waals surface area (Å²) < 4.78 is 5.33. The molecule has 0 aliphatic rings. The number of hydrogen-bond donors (Lipinski definition) is 2. The topological polar surface area (TPSA) is 110 Å². The minimum atomic E-state index is -0.984. The molecule has 30 heavy (non-hydrogen) atoms. The molecular weight excluding hydrogens is 382 g/mol. The van der Waals surface area contributed by atoms with Crippen molar-refractivity contribution in [3.63, 3.8) is 0 Å². The number of fused-ring (bicyclic) bond motifs is 1. The smallest absolute Gasteiger partial charge is 0.338 e. The zero-order valence-electron chi connectivity index (χ0n) is 16.4. The van der Waals surface area contributed by atoms with Crippen molar-refractivity contribution in [3.8, 4) is 11.4 Å². The van der Waals surface area contributed by atoms with Crippen molar-refractivity contribution in [1.82, 2.24) is 19.9 Å². The van der Waals surface area contributed by atoms with Crippen molar-refractivity contribution in [2.45, 2.75) is 20.0 Å². The highest BCUT2D eigenvalue weighted by Crippen LogP contribution is 2.21. The van der Waals surface area contributed by atoms with Gasteiger partial charge in [-0.1, -0.05) is 6.07 Å². The van der Waals surface area contributed by atoms with E-state index in [-0.39, 0.29) is 0 Å². The number of aromatic amines is 1. The van der Waals surface area contributed by atoms with Crippen molar-refractivity contribution in [2.24, 2.45) is 0 Å². The Balaban J connectivity index is 1.47. The van der Waals surface area contributed by atoms with E-state index in [0.717, 1.165) is 11.1 Å². The maximum Gasteiger partial charge on any atom is 0.338 e. The number of nitrogens with zero attached hydrogens (tertiary/aromatic N) is 3. The van der Waals surface area contributed by atoms with Gasteiger partial charge in [0.1, 0.15) is 11.6 Å². The molecule has 4 aromatic rings. The van der Waals surface area contributed by atoms with Crippen LogP contribution < -0.4 is 5.32 Å². The van der Waals surface area contributed by atoms with Gasteiger partial charge < -0.3 is 15.0 Å². The van der Waals surface area contributed by atoms with Gasteiger partial charge in [-0.3, -0.25) is 9.78 Å². The summed E-state index contributed by atoms with van der Waals surface area (Å²) in [4.78, 5) is 40.8. The Bertz CT molecular complexity index is 1220. The molecule has 0 bridgehead atoms. The summed E-state index contributed by atoms with van der Waals surface area (Å²) in [6.45, 7) is 3.35. The molecule has 8 heteroatoms. The molecule has 1 unspecified atom stereocenters. The van der Waals surface area contributed by atoms with Gasteiger partial charge in [-0.15, -0.1) is 0 Å². The predicted molar refractivity (Wildman–Crippen MR) is 112 cm³/mol. The van der Waals surface area contributed by atoms with Gasteiger partial charge in [0, 0.05) is 24.2 Å². The maximum atomic E-state index is 12.5. The summed E-state index contributed by atoms with van der Waals surface area (Å²) in [7, 11) is 0. The summed E-state index contributed by atoms with van der Waals surface area (Å²) >= 11 is 0. The van der Waals surface area contributed by atoms with Crippen molar-refractivity contribution >= 4 is 28.7 Å². The Labute approximate surface area is 172 Å². The molecule has 1 atom stereocenters. The van der Waals surface area contributed by atoms with Crippen LogP contribution in [0.4, 0.5) is 5.82 Å². The average Bonchev–Trinajstić information content (AvgIpc) is 3.19. The van der Waals surface area contributed by atoms with E-state index in [2.05, 4.69) is 25.3 Å². The van der Waals surface area contributed by atoms with Crippen molar-refractivity contribution in [1.29, 1.82) is 0 Å². The molecule has 0 radical (unpaired) electrons. The van der Waals surface area contributed by atoms with Crippen LogP contribution in [0, 0.1) is 6.92 Å². The Morgan fingerprint density at radius 2 is 1.97 bits per heavy atom. The monoisotopic (exact) mass is 401 g/mol. The van der Waals surface area contributed by atoms with Crippen LogP contribution >= 0.6 is 0 Å². The van der Waals surface area contributed by atoms with E-state index in [1.807, 2.05) is 25.1 Å². The van der Waals surface area contributed by atoms with Crippen LogP contribution in [0.5, 0.6) is 0 Å². The first-order valence-corrected chi connectivity index (χ1v) is 9.35. The SMILES string of the molecule is Cc1cccnc1NC(=O)C(C)OC(=O)c1ccc2nc(-c3cccnc3)[nH]c2c1. The lowest BCUT2D eigenvalue weighted by molar-refractivity contribution is -0.123. The third kappa shape index (κ3) is 4.02. The number of aromatic nitrogens is 4. The van der Waals surface area contributed by atoms with Gasteiger partial charge in [-0.05, 0) is 55.8 Å². The Hall–Kier alpha value is -4.07.